The van der Waals surface area contributed by atoms with Crippen LogP contribution in [0.1, 0.15) is 10.5 Å². The SMILES string of the molecule is NCCn1cc(C(=O)Nc2cnc3ccccc3c2)nn1. The van der Waals surface area contributed by atoms with Crippen molar-refractivity contribution >= 4 is 22.5 Å². The van der Waals surface area contributed by atoms with E-state index in [0.29, 0.717) is 18.8 Å². The first-order valence-electron chi connectivity index (χ1n) is 6.52. The Hall–Kier alpha value is -2.80. The van der Waals surface area contributed by atoms with E-state index in [1.807, 2.05) is 30.3 Å². The van der Waals surface area contributed by atoms with E-state index < -0.39 is 0 Å². The summed E-state index contributed by atoms with van der Waals surface area (Å²) in [5.41, 5.74) is 7.17. The van der Waals surface area contributed by atoms with Crippen molar-refractivity contribution in [3.63, 3.8) is 0 Å². The maximum Gasteiger partial charge on any atom is 0.277 e. The van der Waals surface area contributed by atoms with Gasteiger partial charge in [0.25, 0.3) is 5.91 Å². The van der Waals surface area contributed by atoms with Crippen LogP contribution >= 0.6 is 0 Å². The van der Waals surface area contributed by atoms with Gasteiger partial charge in [-0.3, -0.25) is 14.5 Å². The van der Waals surface area contributed by atoms with Crippen molar-refractivity contribution in [1.82, 2.24) is 20.0 Å². The van der Waals surface area contributed by atoms with E-state index in [9.17, 15) is 4.79 Å². The Balaban J connectivity index is 1.78. The molecule has 2 heterocycles. The van der Waals surface area contributed by atoms with Crippen LogP contribution in [0.2, 0.25) is 0 Å². The number of pyridine rings is 1. The van der Waals surface area contributed by atoms with Gasteiger partial charge in [0.2, 0.25) is 0 Å². The van der Waals surface area contributed by atoms with Crippen LogP contribution in [0, 0.1) is 0 Å². The Morgan fingerprint density at radius 2 is 2.19 bits per heavy atom. The van der Waals surface area contributed by atoms with Crippen LogP contribution in [-0.4, -0.2) is 32.4 Å². The van der Waals surface area contributed by atoms with E-state index in [2.05, 4.69) is 20.6 Å². The third-order valence-corrected chi connectivity index (χ3v) is 2.98. The second kappa shape index (κ2) is 5.68. The first-order chi connectivity index (χ1) is 10.3. The Labute approximate surface area is 120 Å². The van der Waals surface area contributed by atoms with Gasteiger partial charge in [0, 0.05) is 11.9 Å². The fourth-order valence-electron chi connectivity index (χ4n) is 1.98. The largest absolute Gasteiger partial charge is 0.329 e. The molecule has 0 aliphatic heterocycles. The van der Waals surface area contributed by atoms with E-state index in [1.54, 1.807) is 12.4 Å². The molecule has 0 atom stereocenters. The van der Waals surface area contributed by atoms with Crippen LogP contribution in [0.3, 0.4) is 0 Å². The summed E-state index contributed by atoms with van der Waals surface area (Å²) in [5.74, 6) is -0.324. The maximum atomic E-state index is 12.1. The first-order valence-corrected chi connectivity index (χ1v) is 6.52. The molecule has 1 aromatic carbocycles. The lowest BCUT2D eigenvalue weighted by molar-refractivity contribution is 0.102. The standard InChI is InChI=1S/C14H14N6O/c15-5-6-20-9-13(18-19-20)14(21)17-11-7-10-3-1-2-4-12(10)16-8-11/h1-4,7-9H,5-6,15H2,(H,17,21). The van der Waals surface area contributed by atoms with Crippen molar-refractivity contribution in [2.45, 2.75) is 6.54 Å². The third-order valence-electron chi connectivity index (χ3n) is 2.98. The molecule has 0 bridgehead atoms. The molecular formula is C14H14N6O. The second-order valence-electron chi connectivity index (χ2n) is 4.53. The molecule has 3 aromatic rings. The molecule has 3 rings (SSSR count). The van der Waals surface area contributed by atoms with Gasteiger partial charge in [-0.2, -0.15) is 0 Å². The highest BCUT2D eigenvalue weighted by atomic mass is 16.2. The zero-order valence-corrected chi connectivity index (χ0v) is 11.2. The summed E-state index contributed by atoms with van der Waals surface area (Å²) in [6, 6.07) is 9.57. The van der Waals surface area contributed by atoms with Gasteiger partial charge in [-0.05, 0) is 12.1 Å². The van der Waals surface area contributed by atoms with Gasteiger partial charge < -0.3 is 11.1 Å². The van der Waals surface area contributed by atoms with Crippen molar-refractivity contribution < 1.29 is 4.79 Å². The summed E-state index contributed by atoms with van der Waals surface area (Å²) in [7, 11) is 0. The summed E-state index contributed by atoms with van der Waals surface area (Å²) in [6.07, 6.45) is 3.18. The highest BCUT2D eigenvalue weighted by molar-refractivity contribution is 6.03. The number of carbonyl (C=O) groups is 1. The second-order valence-corrected chi connectivity index (χ2v) is 4.53. The van der Waals surface area contributed by atoms with E-state index in [0.717, 1.165) is 10.9 Å². The topological polar surface area (TPSA) is 98.7 Å². The summed E-state index contributed by atoms with van der Waals surface area (Å²) in [5, 5.41) is 11.4. The molecule has 0 unspecified atom stereocenters. The lowest BCUT2D eigenvalue weighted by atomic mass is 10.2. The summed E-state index contributed by atoms with van der Waals surface area (Å²) in [4.78, 5) is 16.4. The minimum atomic E-state index is -0.324. The number of benzene rings is 1. The Kier molecular flexibility index (Phi) is 3.57. The molecule has 106 valence electrons. The van der Waals surface area contributed by atoms with Crippen molar-refractivity contribution in [1.29, 1.82) is 0 Å². The number of nitrogens with two attached hydrogens (primary N) is 1. The average molecular weight is 282 g/mol. The van der Waals surface area contributed by atoms with Crippen molar-refractivity contribution in [2.75, 3.05) is 11.9 Å². The molecule has 0 radical (unpaired) electrons. The number of hydrogen-bond acceptors (Lipinski definition) is 5. The zero-order chi connectivity index (χ0) is 14.7. The van der Waals surface area contributed by atoms with E-state index in [-0.39, 0.29) is 11.6 Å². The fourth-order valence-corrected chi connectivity index (χ4v) is 1.98. The van der Waals surface area contributed by atoms with Crippen molar-refractivity contribution in [2.24, 2.45) is 5.73 Å². The minimum absolute atomic E-state index is 0.247. The quantitative estimate of drug-likeness (QED) is 0.745. The van der Waals surface area contributed by atoms with Crippen LogP contribution in [0.25, 0.3) is 10.9 Å². The van der Waals surface area contributed by atoms with Crippen LogP contribution in [-0.2, 0) is 6.54 Å². The van der Waals surface area contributed by atoms with Gasteiger partial charge in [-0.15, -0.1) is 5.10 Å². The molecule has 21 heavy (non-hydrogen) atoms. The predicted molar refractivity (Wildman–Crippen MR) is 78.8 cm³/mol. The highest BCUT2D eigenvalue weighted by Crippen LogP contribution is 2.16. The zero-order valence-electron chi connectivity index (χ0n) is 11.2. The van der Waals surface area contributed by atoms with Gasteiger partial charge in [-0.25, -0.2) is 0 Å². The molecule has 7 nitrogen and oxygen atoms in total. The maximum absolute atomic E-state index is 12.1. The number of hydrogen-bond donors (Lipinski definition) is 2. The smallest absolute Gasteiger partial charge is 0.277 e. The van der Waals surface area contributed by atoms with E-state index in [4.69, 9.17) is 5.73 Å². The molecule has 1 amide bonds. The fraction of sp³-hybridized carbons (Fsp3) is 0.143. The lowest BCUT2D eigenvalue weighted by Crippen LogP contribution is -2.13. The van der Waals surface area contributed by atoms with Gasteiger partial charge in [-0.1, -0.05) is 23.4 Å². The van der Waals surface area contributed by atoms with E-state index in [1.165, 1.54) is 4.68 Å². The molecule has 0 spiro atoms. The third kappa shape index (κ3) is 2.87. The summed E-state index contributed by atoms with van der Waals surface area (Å²) >= 11 is 0. The normalized spacial score (nSPS) is 10.7. The van der Waals surface area contributed by atoms with Crippen LogP contribution in [0.5, 0.6) is 0 Å². The number of para-hydroxylation sites is 1. The molecule has 7 heteroatoms. The highest BCUT2D eigenvalue weighted by Gasteiger charge is 2.11. The molecule has 0 saturated heterocycles. The summed E-state index contributed by atoms with van der Waals surface area (Å²) in [6.45, 7) is 0.969. The van der Waals surface area contributed by atoms with Crippen LogP contribution in [0.15, 0.2) is 42.7 Å². The Morgan fingerprint density at radius 3 is 3.05 bits per heavy atom. The molecule has 2 aromatic heterocycles. The number of rotatable bonds is 4. The Bertz CT molecular complexity index is 782. The van der Waals surface area contributed by atoms with Gasteiger partial charge in [0.1, 0.15) is 0 Å². The molecule has 0 fully saturated rings. The monoisotopic (exact) mass is 282 g/mol. The van der Waals surface area contributed by atoms with Crippen molar-refractivity contribution in [3.05, 3.63) is 48.4 Å². The average Bonchev–Trinajstić information content (AvgIpc) is 2.96. The molecule has 0 aliphatic rings. The number of amides is 1. The van der Waals surface area contributed by atoms with E-state index >= 15 is 0 Å². The number of nitrogens with one attached hydrogen (secondary N) is 1. The number of fused-ring (bicyclic) bond motifs is 1. The minimum Gasteiger partial charge on any atom is -0.329 e. The lowest BCUT2D eigenvalue weighted by Gasteiger charge is -2.04. The number of anilines is 1. The molecule has 0 saturated carbocycles. The summed E-state index contributed by atoms with van der Waals surface area (Å²) < 4.78 is 1.54. The molecule has 0 aliphatic carbocycles. The van der Waals surface area contributed by atoms with Crippen LogP contribution < -0.4 is 11.1 Å². The first kappa shape index (κ1) is 13.2. The van der Waals surface area contributed by atoms with Crippen molar-refractivity contribution in [3.8, 4) is 0 Å². The molecular weight excluding hydrogens is 268 g/mol. The van der Waals surface area contributed by atoms with Gasteiger partial charge >= 0.3 is 0 Å². The number of carbonyl (C=O) groups excluding carboxylic acids is 1. The van der Waals surface area contributed by atoms with Gasteiger partial charge in [0.15, 0.2) is 5.69 Å². The van der Waals surface area contributed by atoms with Crippen LogP contribution in [0.4, 0.5) is 5.69 Å². The number of aromatic nitrogens is 4. The Morgan fingerprint density at radius 1 is 1.33 bits per heavy atom. The predicted octanol–water partition coefficient (Wildman–Crippen LogP) is 1.04. The molecule has 3 N–H and O–H groups in total. The number of nitrogens with zero attached hydrogens (tertiary/aromatic N) is 4. The van der Waals surface area contributed by atoms with Gasteiger partial charge in [0.05, 0.1) is 30.1 Å².